The normalized spacial score (nSPS) is 11.8. The third-order valence-corrected chi connectivity index (χ3v) is 0.945. The fraction of sp³-hybridized carbons (Fsp3) is 0.600. The number of carboxylic acids is 1. The first-order valence-corrected chi connectivity index (χ1v) is 2.79. The largest absolute Gasteiger partial charge is 0.480 e. The van der Waals surface area contributed by atoms with Gasteiger partial charge in [-0.3, -0.25) is 4.79 Å². The minimum absolute atomic E-state index is 0.491. The van der Waals surface area contributed by atoms with Gasteiger partial charge in [-0.2, -0.15) is 0 Å². The molecule has 5 heteroatoms. The van der Waals surface area contributed by atoms with Crippen molar-refractivity contribution in [3.8, 4) is 0 Å². The van der Waals surface area contributed by atoms with Gasteiger partial charge in [0.05, 0.1) is 0 Å². The molecule has 0 unspecified atom stereocenters. The second-order valence-corrected chi connectivity index (χ2v) is 1.78. The van der Waals surface area contributed by atoms with Crippen LogP contribution in [0.5, 0.6) is 0 Å². The molecule has 0 aromatic carbocycles. The van der Waals surface area contributed by atoms with Gasteiger partial charge in [0.25, 0.3) is 0 Å². The van der Waals surface area contributed by atoms with Crippen LogP contribution in [0.1, 0.15) is 6.92 Å². The van der Waals surface area contributed by atoms with Crippen LogP contribution in [-0.4, -0.2) is 30.2 Å². The molecule has 58 valence electrons. The van der Waals surface area contributed by atoms with Gasteiger partial charge in [0.15, 0.2) is 0 Å². The minimum Gasteiger partial charge on any atom is -0.480 e. The lowest BCUT2D eigenvalue weighted by Gasteiger charge is -2.07. The van der Waals surface area contributed by atoms with Gasteiger partial charge < -0.3 is 15.7 Å². The Morgan fingerprint density at radius 2 is 2.00 bits per heavy atom. The van der Waals surface area contributed by atoms with Crippen molar-refractivity contribution in [1.82, 2.24) is 10.6 Å². The van der Waals surface area contributed by atoms with Crippen LogP contribution < -0.4 is 10.6 Å². The van der Waals surface area contributed by atoms with Crippen molar-refractivity contribution in [2.24, 2.45) is 0 Å². The number of nitrogens with one attached hydrogen (secondary N) is 2. The van der Waals surface area contributed by atoms with E-state index < -0.39 is 18.0 Å². The van der Waals surface area contributed by atoms with Crippen LogP contribution >= 0.6 is 0 Å². The second kappa shape index (κ2) is 3.71. The average Bonchev–Trinajstić information content (AvgIpc) is 1.87. The third kappa shape index (κ3) is 2.91. The molecular formula is C5H10N2O3. The highest BCUT2D eigenvalue weighted by Gasteiger charge is 2.11. The Morgan fingerprint density at radius 3 is 2.30 bits per heavy atom. The van der Waals surface area contributed by atoms with Crippen molar-refractivity contribution in [2.45, 2.75) is 13.0 Å². The zero-order chi connectivity index (χ0) is 8.15. The van der Waals surface area contributed by atoms with Crippen LogP contribution in [0.2, 0.25) is 0 Å². The number of aliphatic carboxylic acids is 1. The molecule has 0 aromatic heterocycles. The zero-order valence-electron chi connectivity index (χ0n) is 5.84. The summed E-state index contributed by atoms with van der Waals surface area (Å²) in [5, 5.41) is 12.7. The lowest BCUT2D eigenvalue weighted by Crippen LogP contribution is -2.42. The van der Waals surface area contributed by atoms with Crippen molar-refractivity contribution in [3.63, 3.8) is 0 Å². The molecule has 5 nitrogen and oxygen atoms in total. The van der Waals surface area contributed by atoms with E-state index in [4.69, 9.17) is 5.11 Å². The van der Waals surface area contributed by atoms with Gasteiger partial charge in [-0.15, -0.1) is 0 Å². The average molecular weight is 146 g/mol. The van der Waals surface area contributed by atoms with Gasteiger partial charge in [-0.25, -0.2) is 4.79 Å². The molecule has 0 bridgehead atoms. The number of rotatable bonds is 2. The van der Waals surface area contributed by atoms with Crippen molar-refractivity contribution in [2.75, 3.05) is 7.05 Å². The molecule has 0 aliphatic rings. The molecule has 3 N–H and O–H groups in total. The standard InChI is InChI=1S/C5H10N2O3/c1-3(4(8)9)7-5(10)6-2/h3H,1-2H3,(H,8,9)(H2,6,7,10)/t3-/m0/s1. The second-order valence-electron chi connectivity index (χ2n) is 1.78. The van der Waals surface area contributed by atoms with Gasteiger partial charge in [-0.05, 0) is 6.92 Å². The maximum absolute atomic E-state index is 10.4. The van der Waals surface area contributed by atoms with Crippen molar-refractivity contribution in [3.05, 3.63) is 0 Å². The van der Waals surface area contributed by atoms with Crippen LogP contribution in [-0.2, 0) is 4.79 Å². The van der Waals surface area contributed by atoms with Crippen LogP contribution in [0.25, 0.3) is 0 Å². The van der Waals surface area contributed by atoms with Gasteiger partial charge >= 0.3 is 12.0 Å². The molecule has 0 spiro atoms. The number of carbonyl (C=O) groups excluding carboxylic acids is 1. The van der Waals surface area contributed by atoms with E-state index in [0.29, 0.717) is 0 Å². The molecular weight excluding hydrogens is 136 g/mol. The van der Waals surface area contributed by atoms with Crippen LogP contribution in [0.3, 0.4) is 0 Å². The lowest BCUT2D eigenvalue weighted by atomic mass is 10.3. The van der Waals surface area contributed by atoms with Gasteiger partial charge in [0.2, 0.25) is 0 Å². The Morgan fingerprint density at radius 1 is 1.50 bits per heavy atom. The summed E-state index contributed by atoms with van der Waals surface area (Å²) in [5.74, 6) is -1.05. The fourth-order valence-corrected chi connectivity index (χ4v) is 0.331. The topological polar surface area (TPSA) is 78.4 Å². The minimum atomic E-state index is -1.05. The number of hydrogen-bond acceptors (Lipinski definition) is 2. The summed E-state index contributed by atoms with van der Waals surface area (Å²) in [5.41, 5.74) is 0. The molecule has 0 aliphatic carbocycles. The molecule has 10 heavy (non-hydrogen) atoms. The summed E-state index contributed by atoms with van der Waals surface area (Å²) in [4.78, 5) is 20.5. The summed E-state index contributed by atoms with van der Waals surface area (Å²) >= 11 is 0. The highest BCUT2D eigenvalue weighted by atomic mass is 16.4. The van der Waals surface area contributed by atoms with Crippen LogP contribution in [0, 0.1) is 0 Å². The summed E-state index contributed by atoms with van der Waals surface area (Å²) in [6.45, 7) is 1.39. The van der Waals surface area contributed by atoms with E-state index in [1.54, 1.807) is 0 Å². The molecule has 0 radical (unpaired) electrons. The van der Waals surface area contributed by atoms with E-state index in [1.165, 1.54) is 14.0 Å². The monoisotopic (exact) mass is 146 g/mol. The molecule has 0 rings (SSSR count). The van der Waals surface area contributed by atoms with Crippen LogP contribution in [0.4, 0.5) is 4.79 Å². The van der Waals surface area contributed by atoms with Gasteiger partial charge in [0, 0.05) is 7.05 Å². The Bertz CT molecular complexity index is 146. The third-order valence-electron chi connectivity index (χ3n) is 0.945. The molecule has 0 saturated heterocycles. The quantitative estimate of drug-likeness (QED) is 0.486. The van der Waals surface area contributed by atoms with Crippen molar-refractivity contribution >= 4 is 12.0 Å². The molecule has 0 fully saturated rings. The first kappa shape index (κ1) is 8.74. The molecule has 0 saturated carbocycles. The van der Waals surface area contributed by atoms with Gasteiger partial charge in [-0.1, -0.05) is 0 Å². The number of urea groups is 1. The maximum Gasteiger partial charge on any atom is 0.325 e. The van der Waals surface area contributed by atoms with Crippen LogP contribution in [0.15, 0.2) is 0 Å². The predicted octanol–water partition coefficient (Wildman–Crippen LogP) is -0.611. The van der Waals surface area contributed by atoms with Crippen molar-refractivity contribution in [1.29, 1.82) is 0 Å². The van der Waals surface area contributed by atoms with Gasteiger partial charge in [0.1, 0.15) is 6.04 Å². The molecule has 0 aliphatic heterocycles. The number of carbonyl (C=O) groups is 2. The highest BCUT2D eigenvalue weighted by molar-refractivity contribution is 5.81. The fourth-order valence-electron chi connectivity index (χ4n) is 0.331. The summed E-state index contributed by atoms with van der Waals surface area (Å²) in [6.07, 6.45) is 0. The smallest absolute Gasteiger partial charge is 0.325 e. The van der Waals surface area contributed by atoms with E-state index in [9.17, 15) is 9.59 Å². The first-order valence-electron chi connectivity index (χ1n) is 2.79. The lowest BCUT2D eigenvalue weighted by molar-refractivity contribution is -0.138. The summed E-state index contributed by atoms with van der Waals surface area (Å²) in [6, 6.07) is -1.34. The molecule has 1 atom stereocenters. The highest BCUT2D eigenvalue weighted by Crippen LogP contribution is 1.78. The maximum atomic E-state index is 10.4. The van der Waals surface area contributed by atoms with E-state index in [-0.39, 0.29) is 0 Å². The molecule has 2 amide bonds. The number of hydrogen-bond donors (Lipinski definition) is 3. The summed E-state index contributed by atoms with van der Waals surface area (Å²) < 4.78 is 0. The number of carboxylic acid groups (broad SMARTS) is 1. The Balaban J connectivity index is 3.68. The molecule has 0 heterocycles. The molecule has 0 aromatic rings. The summed E-state index contributed by atoms with van der Waals surface area (Å²) in [7, 11) is 1.42. The van der Waals surface area contributed by atoms with Crippen molar-refractivity contribution < 1.29 is 14.7 Å². The van der Waals surface area contributed by atoms with E-state index >= 15 is 0 Å². The first-order chi connectivity index (χ1) is 4.57. The zero-order valence-corrected chi connectivity index (χ0v) is 5.84. The predicted molar refractivity (Wildman–Crippen MR) is 34.7 cm³/mol. The SMILES string of the molecule is CNC(=O)N[C@@H](C)C(=O)O. The van der Waals surface area contributed by atoms with E-state index in [1.807, 2.05) is 0 Å². The Kier molecular flexibility index (Phi) is 3.24. The Hall–Kier alpha value is -1.26. The van der Waals surface area contributed by atoms with E-state index in [0.717, 1.165) is 0 Å². The van der Waals surface area contributed by atoms with E-state index in [2.05, 4.69) is 10.6 Å². The Labute approximate surface area is 58.4 Å². The number of amides is 2.